The van der Waals surface area contributed by atoms with Gasteiger partial charge < -0.3 is 4.74 Å². The quantitative estimate of drug-likeness (QED) is 0.131. The number of allylic oxidation sites excluding steroid dienone is 5. The van der Waals surface area contributed by atoms with Crippen LogP contribution in [0.15, 0.2) is 81.6 Å². The molecule has 0 bridgehead atoms. The zero-order chi connectivity index (χ0) is 29.9. The maximum atomic E-state index is 13.6. The number of unbranched alkanes of at least 4 members (excludes halogenated alkanes) is 1. The highest BCUT2D eigenvalue weighted by atomic mass is 19.4. The summed E-state index contributed by atoms with van der Waals surface area (Å²) in [5.41, 5.74) is 1.68. The number of hydrogen-bond donors (Lipinski definition) is 0. The third-order valence-electron chi connectivity index (χ3n) is 5.93. The number of benzene rings is 2. The van der Waals surface area contributed by atoms with E-state index >= 15 is 0 Å². The molecule has 0 fully saturated rings. The molecule has 0 unspecified atom stereocenters. The van der Waals surface area contributed by atoms with Gasteiger partial charge in [-0.05, 0) is 60.7 Å². The number of amidine groups is 1. The summed E-state index contributed by atoms with van der Waals surface area (Å²) in [5, 5.41) is 0. The highest BCUT2D eigenvalue weighted by Crippen LogP contribution is 2.36. The lowest BCUT2D eigenvalue weighted by Gasteiger charge is -2.15. The van der Waals surface area contributed by atoms with E-state index in [1.54, 1.807) is 32.2 Å². The monoisotopic (exact) mass is 559 g/mol. The van der Waals surface area contributed by atoms with Crippen LogP contribution in [0.5, 0.6) is 0 Å². The predicted molar refractivity (Wildman–Crippen MR) is 153 cm³/mol. The second kappa shape index (κ2) is 15.1. The van der Waals surface area contributed by atoms with Crippen LogP contribution >= 0.6 is 0 Å². The van der Waals surface area contributed by atoms with Crippen molar-refractivity contribution in [3.63, 3.8) is 0 Å². The zero-order valence-corrected chi connectivity index (χ0v) is 23.4. The highest BCUT2D eigenvalue weighted by Gasteiger charge is 2.34. The van der Waals surface area contributed by atoms with Gasteiger partial charge in [-0.2, -0.15) is 13.2 Å². The summed E-state index contributed by atoms with van der Waals surface area (Å²) in [6.07, 6.45) is 3.52. The molecule has 0 aromatic heterocycles. The standard InChI is InChI=1S/C18H23F3O.C13H11F2N3/c1-5-7-8-14-9-10-16(17(12-14)18(19,20)21)13(3)11-15(6-2)22-4;1-3-10-11(7-16-2)18-13(17-10)8-5-4-6-9(14)12(8)15/h9-12H,3,5-8H2,1-2,4H3;3-7H,1-2H3/b15-11-;10-3+,16-7?. The average molecular weight is 560 g/mol. The number of halogens is 5. The van der Waals surface area contributed by atoms with E-state index in [0.717, 1.165) is 18.9 Å². The molecule has 3 rings (SSSR count). The Morgan fingerprint density at radius 3 is 2.40 bits per heavy atom. The lowest BCUT2D eigenvalue weighted by Crippen LogP contribution is -2.09. The smallest absolute Gasteiger partial charge is 0.417 e. The zero-order valence-electron chi connectivity index (χ0n) is 23.4. The number of methoxy groups -OCH3 is 1. The van der Waals surface area contributed by atoms with Crippen molar-refractivity contribution in [2.24, 2.45) is 15.0 Å². The minimum Gasteiger partial charge on any atom is -0.501 e. The fraction of sp³-hybridized carbons (Fsp3) is 0.323. The van der Waals surface area contributed by atoms with Crippen molar-refractivity contribution in [2.75, 3.05) is 14.2 Å². The molecule has 2 aromatic rings. The summed E-state index contributed by atoms with van der Waals surface area (Å²) in [4.78, 5) is 12.1. The Morgan fingerprint density at radius 1 is 1.10 bits per heavy atom. The molecule has 0 saturated carbocycles. The van der Waals surface area contributed by atoms with Gasteiger partial charge in [-0.25, -0.2) is 18.8 Å². The van der Waals surface area contributed by atoms with E-state index in [2.05, 4.69) is 21.6 Å². The molecular weight excluding hydrogens is 525 g/mol. The van der Waals surface area contributed by atoms with Gasteiger partial charge >= 0.3 is 6.18 Å². The first-order chi connectivity index (χ1) is 19.0. The maximum absolute atomic E-state index is 13.6. The molecule has 40 heavy (non-hydrogen) atoms. The molecule has 0 spiro atoms. The van der Waals surface area contributed by atoms with Gasteiger partial charge in [-0.1, -0.05) is 51.1 Å². The van der Waals surface area contributed by atoms with Crippen LogP contribution in [0.3, 0.4) is 0 Å². The molecule has 0 N–H and O–H groups in total. The lowest BCUT2D eigenvalue weighted by molar-refractivity contribution is -0.137. The molecule has 1 heterocycles. The van der Waals surface area contributed by atoms with Gasteiger partial charge in [0.2, 0.25) is 0 Å². The Morgan fingerprint density at radius 2 is 1.82 bits per heavy atom. The van der Waals surface area contributed by atoms with Crippen LogP contribution in [0.2, 0.25) is 0 Å². The second-order valence-corrected chi connectivity index (χ2v) is 8.77. The number of aryl methyl sites for hydroxylation is 1. The van der Waals surface area contributed by atoms with Crippen molar-refractivity contribution >= 4 is 23.3 Å². The molecular formula is C31H34F5N3O. The molecule has 2 aromatic carbocycles. The van der Waals surface area contributed by atoms with Crippen LogP contribution in [0, 0.1) is 11.6 Å². The first-order valence-electron chi connectivity index (χ1n) is 12.8. The molecule has 1 aliphatic heterocycles. The van der Waals surface area contributed by atoms with Crippen LogP contribution in [-0.4, -0.2) is 31.9 Å². The topological polar surface area (TPSA) is 46.3 Å². The van der Waals surface area contributed by atoms with Gasteiger partial charge in [0.05, 0.1) is 29.7 Å². The number of aliphatic imine (C=N–C) groups is 3. The normalized spacial score (nSPS) is 14.7. The molecule has 0 saturated heterocycles. The highest BCUT2D eigenvalue weighted by molar-refractivity contribution is 6.42. The van der Waals surface area contributed by atoms with E-state index in [1.807, 2.05) is 13.8 Å². The number of ether oxygens (including phenoxy) is 1. The maximum Gasteiger partial charge on any atom is 0.417 e. The Kier molecular flexibility index (Phi) is 12.2. The summed E-state index contributed by atoms with van der Waals surface area (Å²) in [6, 6.07) is 8.42. The van der Waals surface area contributed by atoms with Crippen molar-refractivity contribution in [1.82, 2.24) is 0 Å². The number of nitrogens with zero attached hydrogens (tertiary/aromatic N) is 3. The minimum atomic E-state index is -4.40. The van der Waals surface area contributed by atoms with Gasteiger partial charge in [0.25, 0.3) is 0 Å². The Bertz CT molecular complexity index is 1350. The largest absolute Gasteiger partial charge is 0.501 e. The van der Waals surface area contributed by atoms with Gasteiger partial charge in [-0.15, -0.1) is 0 Å². The van der Waals surface area contributed by atoms with Crippen LogP contribution in [0.4, 0.5) is 22.0 Å². The summed E-state index contributed by atoms with van der Waals surface area (Å²) in [7, 11) is 3.11. The lowest BCUT2D eigenvalue weighted by atomic mass is 9.95. The third-order valence-corrected chi connectivity index (χ3v) is 5.93. The van der Waals surface area contributed by atoms with Crippen LogP contribution in [0.25, 0.3) is 5.57 Å². The van der Waals surface area contributed by atoms with Crippen LogP contribution in [-0.2, 0) is 17.3 Å². The summed E-state index contributed by atoms with van der Waals surface area (Å²) in [6.45, 7) is 9.46. The summed E-state index contributed by atoms with van der Waals surface area (Å²) >= 11 is 0. The minimum absolute atomic E-state index is 0.0499. The Hall–Kier alpha value is -3.88. The molecule has 9 heteroatoms. The van der Waals surface area contributed by atoms with E-state index in [1.165, 1.54) is 37.6 Å². The Balaban J connectivity index is 0.000000285. The van der Waals surface area contributed by atoms with Gasteiger partial charge in [0.1, 0.15) is 5.71 Å². The third kappa shape index (κ3) is 8.56. The van der Waals surface area contributed by atoms with E-state index in [-0.39, 0.29) is 17.0 Å². The molecule has 0 aliphatic carbocycles. The number of alkyl halides is 3. The second-order valence-electron chi connectivity index (χ2n) is 8.77. The molecule has 0 atom stereocenters. The fourth-order valence-corrected chi connectivity index (χ4v) is 3.81. The van der Waals surface area contributed by atoms with Gasteiger partial charge in [0, 0.05) is 19.7 Å². The van der Waals surface area contributed by atoms with Crippen molar-refractivity contribution in [3.8, 4) is 0 Å². The van der Waals surface area contributed by atoms with Crippen molar-refractivity contribution in [3.05, 3.63) is 100 Å². The SMILES string of the molecule is C/C=C1/N=C(c2cccc(F)c2F)N=C1C=NC.C=C(/C=C(/CC)OC)c1ccc(CCCC)cc1C(F)(F)F. The van der Waals surface area contributed by atoms with E-state index < -0.39 is 23.4 Å². The first kappa shape index (κ1) is 32.3. The molecule has 4 nitrogen and oxygen atoms in total. The fourth-order valence-electron chi connectivity index (χ4n) is 3.81. The number of rotatable bonds is 9. The molecule has 1 aliphatic rings. The van der Waals surface area contributed by atoms with E-state index in [9.17, 15) is 22.0 Å². The van der Waals surface area contributed by atoms with E-state index in [4.69, 9.17) is 4.74 Å². The average Bonchev–Trinajstić information content (AvgIpc) is 3.34. The van der Waals surface area contributed by atoms with Crippen molar-refractivity contribution < 1.29 is 26.7 Å². The number of hydrogen-bond acceptors (Lipinski definition) is 4. The molecule has 0 radical (unpaired) electrons. The first-order valence-corrected chi connectivity index (χ1v) is 12.8. The van der Waals surface area contributed by atoms with Gasteiger partial charge in [0.15, 0.2) is 17.5 Å². The van der Waals surface area contributed by atoms with Crippen LogP contribution < -0.4 is 0 Å². The van der Waals surface area contributed by atoms with Crippen LogP contribution in [0.1, 0.15) is 62.3 Å². The summed E-state index contributed by atoms with van der Waals surface area (Å²) < 4.78 is 71.8. The summed E-state index contributed by atoms with van der Waals surface area (Å²) in [5.74, 6) is -1.08. The Labute approximate surface area is 232 Å². The van der Waals surface area contributed by atoms with Crippen molar-refractivity contribution in [2.45, 2.75) is 52.6 Å². The molecule has 214 valence electrons. The van der Waals surface area contributed by atoms with Gasteiger partial charge in [-0.3, -0.25) is 4.99 Å². The van der Waals surface area contributed by atoms with Crippen molar-refractivity contribution in [1.29, 1.82) is 0 Å². The predicted octanol–water partition coefficient (Wildman–Crippen LogP) is 8.77. The van der Waals surface area contributed by atoms with E-state index in [0.29, 0.717) is 41.1 Å². The molecule has 0 amide bonds.